The minimum absolute atomic E-state index is 0.163. The molecule has 2 aromatic rings. The number of carbonyl (C=O) groups excluding carboxylic acids is 1. The van der Waals surface area contributed by atoms with Gasteiger partial charge in [0.1, 0.15) is 5.01 Å². The number of aromatic nitrogens is 1. The van der Waals surface area contributed by atoms with Crippen LogP contribution in [0.15, 0.2) is 29.6 Å². The first-order chi connectivity index (χ1) is 11.2. The van der Waals surface area contributed by atoms with E-state index in [0.717, 1.165) is 53.6 Å². The Morgan fingerprint density at radius 3 is 2.78 bits per heavy atom. The topological polar surface area (TPSA) is 54.0 Å². The van der Waals surface area contributed by atoms with Gasteiger partial charge in [0.2, 0.25) is 5.91 Å². The third-order valence-electron chi connectivity index (χ3n) is 4.03. The molecular weight excluding hydrogens is 330 g/mol. The van der Waals surface area contributed by atoms with Gasteiger partial charge in [-0.3, -0.25) is 4.79 Å². The van der Waals surface area contributed by atoms with Crippen LogP contribution in [0.25, 0.3) is 10.6 Å². The molecule has 1 fully saturated rings. The molecular formula is C17H20ClN3OS. The minimum Gasteiger partial charge on any atom is -0.355 e. The summed E-state index contributed by atoms with van der Waals surface area (Å²) in [6.45, 7) is 2.52. The second-order valence-electron chi connectivity index (χ2n) is 5.72. The standard InChI is InChI=1S/C17H20ClN3OS/c18-14-3-1-13(2-4-14)17-21-15(11-23-17)7-10-20-16(22)12-5-8-19-9-6-12/h1-4,11-12,19H,5-10H2,(H,20,22). The van der Waals surface area contributed by atoms with E-state index in [-0.39, 0.29) is 11.8 Å². The van der Waals surface area contributed by atoms with E-state index in [1.54, 1.807) is 11.3 Å². The van der Waals surface area contributed by atoms with Crippen LogP contribution in [0.2, 0.25) is 5.02 Å². The molecule has 1 aromatic carbocycles. The zero-order valence-electron chi connectivity index (χ0n) is 12.8. The number of amides is 1. The van der Waals surface area contributed by atoms with Crippen LogP contribution in [0.5, 0.6) is 0 Å². The maximum Gasteiger partial charge on any atom is 0.223 e. The highest BCUT2D eigenvalue weighted by Crippen LogP contribution is 2.25. The predicted molar refractivity (Wildman–Crippen MR) is 94.9 cm³/mol. The van der Waals surface area contributed by atoms with Gasteiger partial charge in [0, 0.05) is 34.8 Å². The van der Waals surface area contributed by atoms with E-state index in [2.05, 4.69) is 21.0 Å². The SMILES string of the molecule is O=C(NCCc1csc(-c2ccc(Cl)cc2)n1)C1CCNCC1. The maximum atomic E-state index is 12.1. The van der Waals surface area contributed by atoms with E-state index in [4.69, 9.17) is 11.6 Å². The lowest BCUT2D eigenvalue weighted by atomic mass is 9.97. The van der Waals surface area contributed by atoms with E-state index >= 15 is 0 Å². The second kappa shape index (κ2) is 7.90. The molecule has 23 heavy (non-hydrogen) atoms. The molecule has 1 aromatic heterocycles. The lowest BCUT2D eigenvalue weighted by Gasteiger charge is -2.21. The number of halogens is 1. The maximum absolute atomic E-state index is 12.1. The number of hydrogen-bond acceptors (Lipinski definition) is 4. The van der Waals surface area contributed by atoms with E-state index < -0.39 is 0 Å². The minimum atomic E-state index is 0.163. The van der Waals surface area contributed by atoms with Gasteiger partial charge in [-0.05, 0) is 38.1 Å². The molecule has 0 aliphatic carbocycles. The first-order valence-electron chi connectivity index (χ1n) is 7.91. The van der Waals surface area contributed by atoms with E-state index in [1.807, 2.05) is 24.3 Å². The van der Waals surface area contributed by atoms with Gasteiger partial charge in [0.25, 0.3) is 0 Å². The Balaban J connectivity index is 1.49. The first kappa shape index (κ1) is 16.4. The van der Waals surface area contributed by atoms with Crippen molar-refractivity contribution in [3.05, 3.63) is 40.4 Å². The monoisotopic (exact) mass is 349 g/mol. The normalized spacial score (nSPS) is 15.5. The summed E-state index contributed by atoms with van der Waals surface area (Å²) in [7, 11) is 0. The number of thiazole rings is 1. The van der Waals surface area contributed by atoms with Crippen LogP contribution in [0.1, 0.15) is 18.5 Å². The van der Waals surface area contributed by atoms with E-state index in [9.17, 15) is 4.79 Å². The van der Waals surface area contributed by atoms with Crippen molar-refractivity contribution in [1.29, 1.82) is 0 Å². The van der Waals surface area contributed by atoms with Crippen molar-refractivity contribution in [2.24, 2.45) is 5.92 Å². The van der Waals surface area contributed by atoms with Gasteiger partial charge in [-0.2, -0.15) is 0 Å². The van der Waals surface area contributed by atoms with Crippen LogP contribution in [-0.4, -0.2) is 30.5 Å². The second-order valence-corrected chi connectivity index (χ2v) is 7.01. The molecule has 0 saturated carbocycles. The summed E-state index contributed by atoms with van der Waals surface area (Å²) in [6.07, 6.45) is 2.63. The van der Waals surface area contributed by atoms with Gasteiger partial charge in [0.15, 0.2) is 0 Å². The molecule has 1 amide bonds. The summed E-state index contributed by atoms with van der Waals surface area (Å²) >= 11 is 7.53. The Morgan fingerprint density at radius 1 is 1.30 bits per heavy atom. The fourth-order valence-electron chi connectivity index (χ4n) is 2.69. The van der Waals surface area contributed by atoms with Crippen molar-refractivity contribution in [3.63, 3.8) is 0 Å². The number of benzene rings is 1. The molecule has 3 rings (SSSR count). The predicted octanol–water partition coefficient (Wildman–Crippen LogP) is 3.12. The summed E-state index contributed by atoms with van der Waals surface area (Å²) < 4.78 is 0. The molecule has 2 heterocycles. The molecule has 1 aliphatic heterocycles. The Hall–Kier alpha value is -1.43. The highest BCUT2D eigenvalue weighted by molar-refractivity contribution is 7.13. The van der Waals surface area contributed by atoms with E-state index in [0.29, 0.717) is 6.54 Å². The Bertz CT molecular complexity index is 650. The summed E-state index contributed by atoms with van der Waals surface area (Å²) in [5.41, 5.74) is 2.09. The summed E-state index contributed by atoms with van der Waals surface area (Å²) in [4.78, 5) is 16.7. The molecule has 0 spiro atoms. The highest BCUT2D eigenvalue weighted by Gasteiger charge is 2.20. The molecule has 1 saturated heterocycles. The van der Waals surface area contributed by atoms with Gasteiger partial charge >= 0.3 is 0 Å². The quantitative estimate of drug-likeness (QED) is 0.872. The summed E-state index contributed by atoms with van der Waals surface area (Å²) in [5.74, 6) is 0.343. The lowest BCUT2D eigenvalue weighted by molar-refractivity contribution is -0.125. The fraction of sp³-hybridized carbons (Fsp3) is 0.412. The molecule has 1 aliphatic rings. The van der Waals surface area contributed by atoms with Crippen molar-refractivity contribution in [2.45, 2.75) is 19.3 Å². The Kier molecular flexibility index (Phi) is 5.65. The Labute approximate surface area is 145 Å². The largest absolute Gasteiger partial charge is 0.355 e. The molecule has 0 atom stereocenters. The van der Waals surface area contributed by atoms with Crippen LogP contribution >= 0.6 is 22.9 Å². The van der Waals surface area contributed by atoms with E-state index in [1.165, 1.54) is 0 Å². The van der Waals surface area contributed by atoms with Gasteiger partial charge in [0.05, 0.1) is 5.69 Å². The molecule has 0 bridgehead atoms. The summed E-state index contributed by atoms with van der Waals surface area (Å²) in [6, 6.07) is 7.70. The highest BCUT2D eigenvalue weighted by atomic mass is 35.5. The molecule has 0 unspecified atom stereocenters. The van der Waals surface area contributed by atoms with Gasteiger partial charge in [-0.15, -0.1) is 11.3 Å². The molecule has 122 valence electrons. The van der Waals surface area contributed by atoms with Crippen molar-refractivity contribution in [1.82, 2.24) is 15.6 Å². The molecule has 4 nitrogen and oxygen atoms in total. The van der Waals surface area contributed by atoms with Crippen molar-refractivity contribution in [3.8, 4) is 10.6 Å². The average Bonchev–Trinajstić information content (AvgIpc) is 3.05. The van der Waals surface area contributed by atoms with Crippen LogP contribution in [0.3, 0.4) is 0 Å². The molecule has 2 N–H and O–H groups in total. The average molecular weight is 350 g/mol. The molecule has 6 heteroatoms. The third kappa shape index (κ3) is 4.53. The van der Waals surface area contributed by atoms with Crippen LogP contribution in [0, 0.1) is 5.92 Å². The molecule has 0 radical (unpaired) electrons. The van der Waals surface area contributed by atoms with Crippen LogP contribution in [-0.2, 0) is 11.2 Å². The van der Waals surface area contributed by atoms with Crippen LogP contribution < -0.4 is 10.6 Å². The number of nitrogens with one attached hydrogen (secondary N) is 2. The third-order valence-corrected chi connectivity index (χ3v) is 5.23. The first-order valence-corrected chi connectivity index (χ1v) is 9.17. The number of piperidine rings is 1. The number of carbonyl (C=O) groups is 1. The van der Waals surface area contributed by atoms with Gasteiger partial charge in [-0.25, -0.2) is 4.98 Å². The number of hydrogen-bond donors (Lipinski definition) is 2. The van der Waals surface area contributed by atoms with Crippen LogP contribution in [0.4, 0.5) is 0 Å². The zero-order valence-corrected chi connectivity index (χ0v) is 14.4. The van der Waals surface area contributed by atoms with Crippen molar-refractivity contribution < 1.29 is 4.79 Å². The summed E-state index contributed by atoms with van der Waals surface area (Å²) in [5, 5.41) is 10.1. The van der Waals surface area contributed by atoms with Gasteiger partial charge < -0.3 is 10.6 Å². The fourth-order valence-corrected chi connectivity index (χ4v) is 3.68. The number of rotatable bonds is 5. The van der Waals surface area contributed by atoms with Gasteiger partial charge in [-0.1, -0.05) is 23.7 Å². The Morgan fingerprint density at radius 2 is 2.04 bits per heavy atom. The zero-order chi connectivity index (χ0) is 16.1. The number of nitrogens with zero attached hydrogens (tertiary/aromatic N) is 1. The van der Waals surface area contributed by atoms with Crippen molar-refractivity contribution >= 4 is 28.8 Å². The smallest absolute Gasteiger partial charge is 0.223 e. The van der Waals surface area contributed by atoms with Crippen molar-refractivity contribution in [2.75, 3.05) is 19.6 Å². The lowest BCUT2D eigenvalue weighted by Crippen LogP contribution is -2.38.